The van der Waals surface area contributed by atoms with Gasteiger partial charge in [0.05, 0.1) is 12.1 Å². The number of hydrogen-bond donors (Lipinski definition) is 4. The summed E-state index contributed by atoms with van der Waals surface area (Å²) in [6, 6.07) is 15.1. The minimum absolute atomic E-state index is 0.0773. The fourth-order valence-electron chi connectivity index (χ4n) is 4.14. The maximum absolute atomic E-state index is 13.4. The Balaban J connectivity index is 1.82. The van der Waals surface area contributed by atoms with Crippen molar-refractivity contribution in [3.05, 3.63) is 59.7 Å². The number of anilines is 2. The highest BCUT2D eigenvalue weighted by Gasteiger charge is 2.26. The van der Waals surface area contributed by atoms with E-state index < -0.39 is 12.1 Å². The third-order valence-electron chi connectivity index (χ3n) is 6.31. The Hall–Kier alpha value is -2.90. The second-order valence-corrected chi connectivity index (χ2v) is 9.00. The highest BCUT2D eigenvalue weighted by Crippen LogP contribution is 2.27. The SMILES string of the molecule is CCNc1cc(C(=O)NC(Cc2ccccc2)C(O)CNC(C)CC)cc(N2CCCC2=O)c1. The molecule has 1 saturated heterocycles. The molecule has 3 unspecified atom stereocenters. The topological polar surface area (TPSA) is 93.7 Å². The number of amides is 2. The second kappa shape index (κ2) is 12.5. The lowest BCUT2D eigenvalue weighted by Crippen LogP contribution is -2.49. The standard InChI is InChI=1S/C27H38N4O3/c1-4-19(3)29-18-25(32)24(14-20-10-7-6-8-11-20)30-27(34)21-15-22(28-5-2)17-23(16-21)31-13-9-12-26(31)33/h6-8,10-11,15-17,19,24-25,28-29,32H,4-5,9,12-14,18H2,1-3H3,(H,30,34). The Bertz CT molecular complexity index is 950. The summed E-state index contributed by atoms with van der Waals surface area (Å²) >= 11 is 0. The van der Waals surface area contributed by atoms with Crippen LogP contribution < -0.4 is 20.9 Å². The molecular formula is C27H38N4O3. The van der Waals surface area contributed by atoms with Gasteiger partial charge in [0.2, 0.25) is 5.91 Å². The molecule has 1 aliphatic heterocycles. The Labute approximate surface area is 202 Å². The van der Waals surface area contributed by atoms with Crippen LogP contribution in [0.4, 0.5) is 11.4 Å². The van der Waals surface area contributed by atoms with Crippen LogP contribution in [-0.4, -0.2) is 54.7 Å². The number of benzene rings is 2. The van der Waals surface area contributed by atoms with Crippen LogP contribution in [0.15, 0.2) is 48.5 Å². The first-order valence-electron chi connectivity index (χ1n) is 12.4. The van der Waals surface area contributed by atoms with Gasteiger partial charge in [0.25, 0.3) is 5.91 Å². The number of aliphatic hydroxyl groups excluding tert-OH is 1. The van der Waals surface area contributed by atoms with Crippen molar-refractivity contribution in [2.24, 2.45) is 0 Å². The molecule has 0 aromatic heterocycles. The Morgan fingerprint density at radius 3 is 2.56 bits per heavy atom. The van der Waals surface area contributed by atoms with Crippen LogP contribution in [0.1, 0.15) is 56.0 Å². The molecule has 34 heavy (non-hydrogen) atoms. The number of nitrogens with one attached hydrogen (secondary N) is 3. The van der Waals surface area contributed by atoms with E-state index in [1.54, 1.807) is 17.0 Å². The van der Waals surface area contributed by atoms with Crippen molar-refractivity contribution in [2.45, 2.75) is 64.6 Å². The molecule has 3 atom stereocenters. The third-order valence-corrected chi connectivity index (χ3v) is 6.31. The quantitative estimate of drug-likeness (QED) is 0.385. The van der Waals surface area contributed by atoms with Gasteiger partial charge in [0.15, 0.2) is 0 Å². The average Bonchev–Trinajstić information content (AvgIpc) is 3.28. The summed E-state index contributed by atoms with van der Waals surface area (Å²) < 4.78 is 0. The van der Waals surface area contributed by atoms with Crippen LogP contribution in [0.5, 0.6) is 0 Å². The normalized spacial score (nSPS) is 16.2. The zero-order chi connectivity index (χ0) is 24.5. The van der Waals surface area contributed by atoms with Gasteiger partial charge in [0.1, 0.15) is 0 Å². The highest BCUT2D eigenvalue weighted by molar-refractivity contribution is 6.00. The minimum atomic E-state index is -0.755. The maximum atomic E-state index is 13.4. The molecule has 2 aromatic rings. The van der Waals surface area contributed by atoms with E-state index in [-0.39, 0.29) is 17.9 Å². The average molecular weight is 467 g/mol. The van der Waals surface area contributed by atoms with Crippen LogP contribution >= 0.6 is 0 Å². The van der Waals surface area contributed by atoms with Crippen LogP contribution in [0.2, 0.25) is 0 Å². The van der Waals surface area contributed by atoms with E-state index in [0.717, 1.165) is 29.8 Å². The number of rotatable bonds is 12. The third kappa shape index (κ3) is 7.05. The summed E-state index contributed by atoms with van der Waals surface area (Å²) in [6.07, 6.45) is 2.06. The van der Waals surface area contributed by atoms with Crippen molar-refractivity contribution in [3.8, 4) is 0 Å². The van der Waals surface area contributed by atoms with E-state index >= 15 is 0 Å². The monoisotopic (exact) mass is 466 g/mol. The molecule has 2 amide bonds. The van der Waals surface area contributed by atoms with Crippen LogP contribution in [-0.2, 0) is 11.2 Å². The van der Waals surface area contributed by atoms with Crippen molar-refractivity contribution in [1.29, 1.82) is 0 Å². The van der Waals surface area contributed by atoms with Gasteiger partial charge in [0, 0.05) is 49.0 Å². The molecule has 1 aliphatic rings. The van der Waals surface area contributed by atoms with Gasteiger partial charge in [-0.2, -0.15) is 0 Å². The lowest BCUT2D eigenvalue weighted by Gasteiger charge is -2.26. The number of carbonyl (C=O) groups is 2. The predicted molar refractivity (Wildman–Crippen MR) is 137 cm³/mol. The molecule has 3 rings (SSSR count). The van der Waals surface area contributed by atoms with Gasteiger partial charge in [-0.05, 0) is 56.9 Å². The minimum Gasteiger partial charge on any atom is -0.390 e. The number of carbonyl (C=O) groups excluding carboxylic acids is 2. The second-order valence-electron chi connectivity index (χ2n) is 9.00. The molecule has 7 heteroatoms. The van der Waals surface area contributed by atoms with E-state index in [4.69, 9.17) is 0 Å². The zero-order valence-electron chi connectivity index (χ0n) is 20.5. The molecule has 7 nitrogen and oxygen atoms in total. The summed E-state index contributed by atoms with van der Waals surface area (Å²) in [4.78, 5) is 27.4. The van der Waals surface area contributed by atoms with Gasteiger partial charge in [-0.25, -0.2) is 0 Å². The largest absolute Gasteiger partial charge is 0.390 e. The fourth-order valence-corrected chi connectivity index (χ4v) is 4.14. The fraction of sp³-hybridized carbons (Fsp3) is 0.481. The van der Waals surface area contributed by atoms with Crippen LogP contribution in [0.25, 0.3) is 0 Å². The predicted octanol–water partition coefficient (Wildman–Crippen LogP) is 3.34. The Morgan fingerprint density at radius 2 is 1.91 bits per heavy atom. The summed E-state index contributed by atoms with van der Waals surface area (Å²) in [5.41, 5.74) is 3.03. The van der Waals surface area contributed by atoms with Gasteiger partial charge in [-0.3, -0.25) is 9.59 Å². The molecule has 0 saturated carbocycles. The summed E-state index contributed by atoms with van der Waals surface area (Å²) in [6.45, 7) is 7.90. The zero-order valence-corrected chi connectivity index (χ0v) is 20.5. The first-order chi connectivity index (χ1) is 16.4. The van der Waals surface area contributed by atoms with E-state index in [1.807, 2.05) is 43.3 Å². The maximum Gasteiger partial charge on any atom is 0.251 e. The lowest BCUT2D eigenvalue weighted by molar-refractivity contribution is -0.117. The van der Waals surface area contributed by atoms with Crippen molar-refractivity contribution >= 4 is 23.2 Å². The Morgan fingerprint density at radius 1 is 1.15 bits per heavy atom. The molecule has 2 aromatic carbocycles. The summed E-state index contributed by atoms with van der Waals surface area (Å²) in [5, 5.41) is 20.6. The van der Waals surface area contributed by atoms with Crippen molar-refractivity contribution < 1.29 is 14.7 Å². The van der Waals surface area contributed by atoms with Gasteiger partial charge >= 0.3 is 0 Å². The molecule has 0 radical (unpaired) electrons. The number of nitrogens with zero attached hydrogens (tertiary/aromatic N) is 1. The van der Waals surface area contributed by atoms with E-state index in [0.29, 0.717) is 38.0 Å². The molecule has 0 spiro atoms. The molecule has 1 heterocycles. The molecule has 4 N–H and O–H groups in total. The Kier molecular flexibility index (Phi) is 9.48. The molecule has 1 fully saturated rings. The number of hydrogen-bond acceptors (Lipinski definition) is 5. The summed E-state index contributed by atoms with van der Waals surface area (Å²) in [5.74, 6) is -0.190. The summed E-state index contributed by atoms with van der Waals surface area (Å²) in [7, 11) is 0. The van der Waals surface area contributed by atoms with Gasteiger partial charge in [-0.1, -0.05) is 37.3 Å². The van der Waals surface area contributed by atoms with E-state index in [9.17, 15) is 14.7 Å². The van der Waals surface area contributed by atoms with Crippen LogP contribution in [0.3, 0.4) is 0 Å². The van der Waals surface area contributed by atoms with E-state index in [1.165, 1.54) is 0 Å². The van der Waals surface area contributed by atoms with Crippen LogP contribution in [0, 0.1) is 0 Å². The lowest BCUT2D eigenvalue weighted by atomic mass is 10.00. The first-order valence-corrected chi connectivity index (χ1v) is 12.4. The van der Waals surface area contributed by atoms with E-state index in [2.05, 4.69) is 29.8 Å². The highest BCUT2D eigenvalue weighted by atomic mass is 16.3. The smallest absolute Gasteiger partial charge is 0.251 e. The number of aliphatic hydroxyl groups is 1. The van der Waals surface area contributed by atoms with Crippen molar-refractivity contribution in [2.75, 3.05) is 29.9 Å². The van der Waals surface area contributed by atoms with Crippen molar-refractivity contribution in [1.82, 2.24) is 10.6 Å². The molecule has 184 valence electrons. The van der Waals surface area contributed by atoms with Gasteiger partial charge < -0.3 is 26.0 Å². The molecule has 0 bridgehead atoms. The van der Waals surface area contributed by atoms with Gasteiger partial charge in [-0.15, -0.1) is 0 Å². The first kappa shape index (κ1) is 25.7. The molecular weight excluding hydrogens is 428 g/mol. The molecule has 0 aliphatic carbocycles. The van der Waals surface area contributed by atoms with Crippen molar-refractivity contribution in [3.63, 3.8) is 0 Å².